The van der Waals surface area contributed by atoms with Gasteiger partial charge < -0.3 is 14.4 Å². The normalized spacial score (nSPS) is 14.0. The average Bonchev–Trinajstić information content (AvgIpc) is 3.23. The molecular weight excluding hydrogens is 760 g/mol. The zero-order valence-electron chi connectivity index (χ0n) is 37.6. The number of esters is 2. The van der Waals surface area contributed by atoms with Crippen molar-refractivity contribution in [1.82, 2.24) is 0 Å². The smallest absolute Gasteiger partial charge is 0.462 e. The molecule has 0 heterocycles. The Hall–Kier alpha value is -2.77. The fourth-order valence-electron chi connectivity index (χ4n) is 6.07. The van der Waals surface area contributed by atoms with Gasteiger partial charge in [-0.2, -0.15) is 0 Å². The van der Waals surface area contributed by atoms with E-state index in [1.54, 1.807) is 0 Å². The molecule has 0 aliphatic rings. The molecule has 0 amide bonds. The van der Waals surface area contributed by atoms with Gasteiger partial charge in [0.05, 0.1) is 6.61 Å². The number of allylic oxidation sites excluding steroid dienone is 14. The van der Waals surface area contributed by atoms with Crippen molar-refractivity contribution in [3.8, 4) is 0 Å². The summed E-state index contributed by atoms with van der Waals surface area (Å²) in [4.78, 5) is 34.6. The zero-order chi connectivity index (χ0) is 43.2. The number of hydrogen-bond donors (Lipinski definition) is 1. The summed E-state index contributed by atoms with van der Waals surface area (Å²) in [5, 5.41) is 0. The molecule has 1 N–H and O–H groups in total. The first-order valence-electron chi connectivity index (χ1n) is 23.3. The lowest BCUT2D eigenvalue weighted by Crippen LogP contribution is -2.29. The second kappa shape index (κ2) is 44.8. The molecule has 0 aliphatic heterocycles. The minimum atomic E-state index is -4.28. The van der Waals surface area contributed by atoms with Crippen LogP contribution in [0.4, 0.5) is 0 Å². The summed E-state index contributed by atoms with van der Waals surface area (Å²) in [6.07, 6.45) is 59.1. The highest BCUT2D eigenvalue weighted by Gasteiger charge is 2.24. The first kappa shape index (κ1) is 56.2. The number of phosphoric ester groups is 1. The van der Waals surface area contributed by atoms with E-state index in [1.165, 1.54) is 64.2 Å². The molecule has 0 spiro atoms. The quantitative estimate of drug-likeness (QED) is 0.0280. The number of hydrogen-bond acceptors (Lipinski definition) is 7. The van der Waals surface area contributed by atoms with E-state index in [1.807, 2.05) is 0 Å². The molecule has 9 heteroatoms. The standard InChI is InChI=1S/C50H85O8P/c1-4-6-8-10-12-14-16-18-20-22-24-25-27-29-31-33-35-37-39-41-43-45-50(52)58-48(47-57-59(53,54)55-3)46-56-49(51)44-42-40-38-36-34-32-30-28-26-23-21-19-17-15-13-11-9-7-5-2/h6,8,12-15,18-21,24-26,28,48H,4-5,7,9-11,16-17,22-23,27,29-47H2,1-3H3,(H,53,54)/b8-6-,14-12-,15-13-,20-18-,21-19-,25-24-,28-26-. The maximum atomic E-state index is 12.6. The molecule has 0 fully saturated rings. The lowest BCUT2D eigenvalue weighted by Gasteiger charge is -2.19. The minimum Gasteiger partial charge on any atom is -0.462 e. The summed E-state index contributed by atoms with van der Waals surface area (Å²) in [5.41, 5.74) is 0. The van der Waals surface area contributed by atoms with Crippen LogP contribution in [0.15, 0.2) is 85.1 Å². The first-order valence-corrected chi connectivity index (χ1v) is 24.8. The highest BCUT2D eigenvalue weighted by Crippen LogP contribution is 2.42. The summed E-state index contributed by atoms with van der Waals surface area (Å²) < 4.78 is 32.1. The Bertz CT molecular complexity index is 1230. The van der Waals surface area contributed by atoms with Gasteiger partial charge in [-0.1, -0.05) is 176 Å². The second-order valence-electron chi connectivity index (χ2n) is 15.2. The second-order valence-corrected chi connectivity index (χ2v) is 16.7. The Kier molecular flexibility index (Phi) is 42.7. The molecule has 0 aromatic carbocycles. The molecule has 0 saturated carbocycles. The maximum Gasteiger partial charge on any atom is 0.472 e. The Morgan fingerprint density at radius 1 is 0.492 bits per heavy atom. The number of ether oxygens (including phenoxy) is 2. The van der Waals surface area contributed by atoms with Gasteiger partial charge in [0.1, 0.15) is 6.61 Å². The number of carbonyl (C=O) groups is 2. The SMILES string of the molecule is CC/C=C\C/C=C\C/C=C\C/C=C\CCCCCCCCCCC(=O)OC(COC(=O)CCCCCCCC/C=C\C/C=C\C/C=C\CCCCC)COP(=O)(O)OC. The maximum absolute atomic E-state index is 12.6. The van der Waals surface area contributed by atoms with Gasteiger partial charge in [0, 0.05) is 20.0 Å². The van der Waals surface area contributed by atoms with Gasteiger partial charge >= 0.3 is 19.8 Å². The molecule has 2 atom stereocenters. The third-order valence-electron chi connectivity index (χ3n) is 9.62. The van der Waals surface area contributed by atoms with Crippen LogP contribution in [0, 0.1) is 0 Å². The van der Waals surface area contributed by atoms with Crippen LogP contribution in [0.2, 0.25) is 0 Å². The molecular formula is C50H85O8P. The van der Waals surface area contributed by atoms with Crippen molar-refractivity contribution in [3.05, 3.63) is 85.1 Å². The monoisotopic (exact) mass is 845 g/mol. The molecule has 59 heavy (non-hydrogen) atoms. The lowest BCUT2D eigenvalue weighted by molar-refractivity contribution is -0.161. The molecule has 0 radical (unpaired) electrons. The molecule has 2 unspecified atom stereocenters. The van der Waals surface area contributed by atoms with Crippen LogP contribution in [0.3, 0.4) is 0 Å². The molecule has 0 aromatic rings. The van der Waals surface area contributed by atoms with Gasteiger partial charge in [0.2, 0.25) is 0 Å². The Morgan fingerprint density at radius 2 is 0.864 bits per heavy atom. The van der Waals surface area contributed by atoms with Gasteiger partial charge in [0.15, 0.2) is 6.10 Å². The number of unbranched alkanes of at least 4 members (excludes halogenated alkanes) is 17. The van der Waals surface area contributed by atoms with Gasteiger partial charge in [-0.05, 0) is 89.9 Å². The molecule has 0 aliphatic carbocycles. The number of phosphoric acid groups is 1. The summed E-state index contributed by atoms with van der Waals surface area (Å²) >= 11 is 0. The van der Waals surface area contributed by atoms with Crippen LogP contribution in [0.5, 0.6) is 0 Å². The topological polar surface area (TPSA) is 108 Å². The third-order valence-corrected chi connectivity index (χ3v) is 10.6. The van der Waals surface area contributed by atoms with Crippen molar-refractivity contribution in [2.45, 2.75) is 200 Å². The number of carbonyl (C=O) groups excluding carboxylic acids is 2. The van der Waals surface area contributed by atoms with Crippen LogP contribution in [-0.4, -0.2) is 43.3 Å². The van der Waals surface area contributed by atoms with Crippen LogP contribution < -0.4 is 0 Å². The van der Waals surface area contributed by atoms with Crippen molar-refractivity contribution in [3.63, 3.8) is 0 Å². The van der Waals surface area contributed by atoms with Crippen molar-refractivity contribution in [2.24, 2.45) is 0 Å². The average molecular weight is 845 g/mol. The van der Waals surface area contributed by atoms with Crippen molar-refractivity contribution in [1.29, 1.82) is 0 Å². The fourth-order valence-corrected chi connectivity index (χ4v) is 6.53. The van der Waals surface area contributed by atoms with Gasteiger partial charge in [-0.25, -0.2) is 4.57 Å². The Balaban J connectivity index is 4.02. The summed E-state index contributed by atoms with van der Waals surface area (Å²) in [5.74, 6) is -0.832. The van der Waals surface area contributed by atoms with Crippen LogP contribution in [-0.2, 0) is 32.7 Å². The van der Waals surface area contributed by atoms with E-state index in [0.29, 0.717) is 6.42 Å². The van der Waals surface area contributed by atoms with Gasteiger partial charge in [0.25, 0.3) is 0 Å². The first-order chi connectivity index (χ1) is 28.8. The minimum absolute atomic E-state index is 0.228. The summed E-state index contributed by atoms with van der Waals surface area (Å²) in [6, 6.07) is 0. The lowest BCUT2D eigenvalue weighted by atomic mass is 10.1. The zero-order valence-corrected chi connectivity index (χ0v) is 38.5. The van der Waals surface area contributed by atoms with Crippen LogP contribution in [0.1, 0.15) is 194 Å². The van der Waals surface area contributed by atoms with E-state index in [9.17, 15) is 19.0 Å². The van der Waals surface area contributed by atoms with E-state index in [-0.39, 0.29) is 25.4 Å². The largest absolute Gasteiger partial charge is 0.472 e. The van der Waals surface area contributed by atoms with Crippen molar-refractivity contribution in [2.75, 3.05) is 20.3 Å². The van der Waals surface area contributed by atoms with E-state index >= 15 is 0 Å². The van der Waals surface area contributed by atoms with Gasteiger partial charge in [-0.15, -0.1) is 0 Å². The Labute approximate surface area is 361 Å². The van der Waals surface area contributed by atoms with Crippen LogP contribution in [0.25, 0.3) is 0 Å². The van der Waals surface area contributed by atoms with E-state index < -0.39 is 26.5 Å². The van der Waals surface area contributed by atoms with E-state index in [2.05, 4.69) is 103 Å². The predicted octanol–water partition coefficient (Wildman–Crippen LogP) is 15.1. The molecule has 0 bridgehead atoms. The highest BCUT2D eigenvalue weighted by atomic mass is 31.2. The Morgan fingerprint density at radius 3 is 1.29 bits per heavy atom. The highest BCUT2D eigenvalue weighted by molar-refractivity contribution is 7.47. The molecule has 0 saturated heterocycles. The molecule has 338 valence electrons. The number of rotatable bonds is 42. The van der Waals surface area contributed by atoms with Crippen molar-refractivity contribution >= 4 is 19.8 Å². The molecule has 0 rings (SSSR count). The van der Waals surface area contributed by atoms with Crippen LogP contribution >= 0.6 is 7.82 Å². The third kappa shape index (κ3) is 44.6. The molecule has 0 aromatic heterocycles. The predicted molar refractivity (Wildman–Crippen MR) is 248 cm³/mol. The van der Waals surface area contributed by atoms with Gasteiger partial charge in [-0.3, -0.25) is 18.6 Å². The molecule has 8 nitrogen and oxygen atoms in total. The summed E-state index contributed by atoms with van der Waals surface area (Å²) in [7, 11) is -3.22. The fraction of sp³-hybridized carbons (Fsp3) is 0.680. The van der Waals surface area contributed by atoms with Crippen molar-refractivity contribution < 1.29 is 37.6 Å². The summed E-state index contributed by atoms with van der Waals surface area (Å²) in [6.45, 7) is 3.73. The van der Waals surface area contributed by atoms with E-state index in [0.717, 1.165) is 103 Å². The van der Waals surface area contributed by atoms with E-state index in [4.69, 9.17) is 14.0 Å².